The van der Waals surface area contributed by atoms with E-state index in [0.29, 0.717) is 6.54 Å². The molecule has 2 rings (SSSR count). The van der Waals surface area contributed by atoms with Crippen molar-refractivity contribution in [2.75, 3.05) is 6.54 Å². The maximum Gasteiger partial charge on any atom is 0.239 e. The summed E-state index contributed by atoms with van der Waals surface area (Å²) in [5.41, 5.74) is 6.50. The van der Waals surface area contributed by atoms with E-state index >= 15 is 0 Å². The molecule has 0 bridgehead atoms. The molecule has 0 radical (unpaired) electrons. The molecule has 0 heterocycles. The van der Waals surface area contributed by atoms with E-state index in [9.17, 15) is 4.79 Å². The molecule has 3 heteroatoms. The monoisotopic (exact) mass is 288 g/mol. The number of nitrogens with two attached hydrogens (primary N) is 1. The molecule has 1 aromatic carbocycles. The summed E-state index contributed by atoms with van der Waals surface area (Å²) in [6.45, 7) is 4.20. The van der Waals surface area contributed by atoms with Crippen molar-refractivity contribution in [1.29, 1.82) is 0 Å². The highest BCUT2D eigenvalue weighted by molar-refractivity contribution is 5.85. The Kier molecular flexibility index (Phi) is 5.04. The van der Waals surface area contributed by atoms with E-state index in [1.807, 2.05) is 0 Å². The van der Waals surface area contributed by atoms with Gasteiger partial charge in [-0.25, -0.2) is 0 Å². The van der Waals surface area contributed by atoms with Gasteiger partial charge in [0.15, 0.2) is 0 Å². The van der Waals surface area contributed by atoms with Crippen molar-refractivity contribution in [2.45, 2.75) is 63.3 Å². The summed E-state index contributed by atoms with van der Waals surface area (Å²) in [4.78, 5) is 12.1. The predicted molar refractivity (Wildman–Crippen MR) is 87.1 cm³/mol. The van der Waals surface area contributed by atoms with Crippen molar-refractivity contribution < 1.29 is 4.79 Å². The standard InChI is InChI=1S/C18H28N2O/c1-17(2,19)16(21)20-14-18(12-8-3-4-9-13-18)15-10-6-5-7-11-15/h5-7,10-11H,3-4,8-9,12-14,19H2,1-2H3,(H,20,21). The molecular formula is C18H28N2O. The molecule has 0 atom stereocenters. The first-order valence-electron chi connectivity index (χ1n) is 8.07. The lowest BCUT2D eigenvalue weighted by Crippen LogP contribution is -2.52. The molecule has 1 aliphatic rings. The van der Waals surface area contributed by atoms with Crippen LogP contribution in [0.25, 0.3) is 0 Å². The van der Waals surface area contributed by atoms with Gasteiger partial charge < -0.3 is 11.1 Å². The van der Waals surface area contributed by atoms with Gasteiger partial charge in [0.05, 0.1) is 5.54 Å². The zero-order chi connectivity index (χ0) is 15.3. The maximum atomic E-state index is 12.1. The molecule has 1 aliphatic carbocycles. The highest BCUT2D eigenvalue weighted by Gasteiger charge is 2.34. The van der Waals surface area contributed by atoms with Crippen molar-refractivity contribution >= 4 is 5.91 Å². The number of hydrogen-bond donors (Lipinski definition) is 2. The second-order valence-electron chi connectivity index (χ2n) is 6.96. The van der Waals surface area contributed by atoms with E-state index in [1.165, 1.54) is 31.2 Å². The number of amides is 1. The van der Waals surface area contributed by atoms with E-state index in [-0.39, 0.29) is 11.3 Å². The van der Waals surface area contributed by atoms with Gasteiger partial charge in [-0.15, -0.1) is 0 Å². The molecule has 1 amide bonds. The van der Waals surface area contributed by atoms with Gasteiger partial charge in [0.1, 0.15) is 0 Å². The van der Waals surface area contributed by atoms with Crippen LogP contribution in [0.3, 0.4) is 0 Å². The van der Waals surface area contributed by atoms with Crippen LogP contribution < -0.4 is 11.1 Å². The van der Waals surface area contributed by atoms with Crippen LogP contribution >= 0.6 is 0 Å². The summed E-state index contributed by atoms with van der Waals surface area (Å²) < 4.78 is 0. The van der Waals surface area contributed by atoms with E-state index in [2.05, 4.69) is 35.6 Å². The van der Waals surface area contributed by atoms with Gasteiger partial charge in [-0.1, -0.05) is 56.0 Å². The maximum absolute atomic E-state index is 12.1. The molecule has 3 nitrogen and oxygen atoms in total. The second kappa shape index (κ2) is 6.61. The molecule has 3 N–H and O–H groups in total. The summed E-state index contributed by atoms with van der Waals surface area (Å²) in [6.07, 6.45) is 7.34. The predicted octanol–water partition coefficient (Wildman–Crippen LogP) is 3.13. The first-order chi connectivity index (χ1) is 9.94. The molecule has 1 saturated carbocycles. The van der Waals surface area contributed by atoms with Gasteiger partial charge in [0.25, 0.3) is 0 Å². The minimum Gasteiger partial charge on any atom is -0.354 e. The van der Waals surface area contributed by atoms with Crippen LogP contribution in [0.5, 0.6) is 0 Å². The SMILES string of the molecule is CC(C)(N)C(=O)NCC1(c2ccccc2)CCCCCC1. The van der Waals surface area contributed by atoms with E-state index < -0.39 is 5.54 Å². The molecule has 0 aromatic heterocycles. The zero-order valence-electron chi connectivity index (χ0n) is 13.3. The van der Waals surface area contributed by atoms with Crippen molar-refractivity contribution in [3.8, 4) is 0 Å². The third kappa shape index (κ3) is 4.07. The number of carbonyl (C=O) groups excluding carboxylic acids is 1. The van der Waals surface area contributed by atoms with Gasteiger partial charge in [0.2, 0.25) is 5.91 Å². The van der Waals surface area contributed by atoms with Crippen molar-refractivity contribution in [3.63, 3.8) is 0 Å². The molecule has 116 valence electrons. The highest BCUT2D eigenvalue weighted by atomic mass is 16.2. The fraction of sp³-hybridized carbons (Fsp3) is 0.611. The van der Waals surface area contributed by atoms with Gasteiger partial charge in [0, 0.05) is 12.0 Å². The number of benzene rings is 1. The van der Waals surface area contributed by atoms with Gasteiger partial charge in [-0.3, -0.25) is 4.79 Å². The lowest BCUT2D eigenvalue weighted by molar-refractivity contribution is -0.125. The summed E-state index contributed by atoms with van der Waals surface area (Å²) in [6, 6.07) is 10.6. The smallest absolute Gasteiger partial charge is 0.239 e. The van der Waals surface area contributed by atoms with Gasteiger partial charge in [-0.2, -0.15) is 0 Å². The fourth-order valence-electron chi connectivity index (χ4n) is 3.24. The average molecular weight is 288 g/mol. The van der Waals surface area contributed by atoms with Crippen LogP contribution in [0.15, 0.2) is 30.3 Å². The third-order valence-corrected chi connectivity index (χ3v) is 4.62. The second-order valence-corrected chi connectivity index (χ2v) is 6.96. The molecule has 0 unspecified atom stereocenters. The summed E-state index contributed by atoms with van der Waals surface area (Å²) >= 11 is 0. The van der Waals surface area contributed by atoms with E-state index in [4.69, 9.17) is 5.73 Å². The van der Waals surface area contributed by atoms with Crippen LogP contribution in [0.2, 0.25) is 0 Å². The molecule has 0 saturated heterocycles. The minimum atomic E-state index is -0.817. The van der Waals surface area contributed by atoms with Crippen LogP contribution in [-0.4, -0.2) is 18.0 Å². The Morgan fingerprint density at radius 3 is 2.24 bits per heavy atom. The van der Waals surface area contributed by atoms with Crippen LogP contribution in [-0.2, 0) is 10.2 Å². The highest BCUT2D eigenvalue weighted by Crippen LogP contribution is 2.37. The first kappa shape index (κ1) is 16.0. The Morgan fingerprint density at radius 2 is 1.71 bits per heavy atom. The Bertz CT molecular complexity index is 454. The average Bonchev–Trinajstić information content (AvgIpc) is 2.71. The van der Waals surface area contributed by atoms with Crippen molar-refractivity contribution in [3.05, 3.63) is 35.9 Å². The van der Waals surface area contributed by atoms with Crippen molar-refractivity contribution in [2.24, 2.45) is 5.73 Å². The fourth-order valence-corrected chi connectivity index (χ4v) is 3.24. The molecule has 1 aromatic rings. The zero-order valence-corrected chi connectivity index (χ0v) is 13.3. The number of nitrogens with one attached hydrogen (secondary N) is 1. The normalized spacial score (nSPS) is 18.8. The quantitative estimate of drug-likeness (QED) is 0.836. The Hall–Kier alpha value is -1.35. The molecule has 21 heavy (non-hydrogen) atoms. The topological polar surface area (TPSA) is 55.1 Å². The lowest BCUT2D eigenvalue weighted by Gasteiger charge is -2.35. The largest absolute Gasteiger partial charge is 0.354 e. The van der Waals surface area contributed by atoms with Crippen LogP contribution in [0.1, 0.15) is 57.9 Å². The molecule has 0 spiro atoms. The Balaban J connectivity index is 2.18. The number of hydrogen-bond acceptors (Lipinski definition) is 2. The van der Waals surface area contributed by atoms with Crippen LogP contribution in [0.4, 0.5) is 0 Å². The van der Waals surface area contributed by atoms with Gasteiger partial charge in [-0.05, 0) is 32.3 Å². The first-order valence-corrected chi connectivity index (χ1v) is 8.07. The summed E-state index contributed by atoms with van der Waals surface area (Å²) in [5.74, 6) is -0.0675. The van der Waals surface area contributed by atoms with E-state index in [0.717, 1.165) is 12.8 Å². The van der Waals surface area contributed by atoms with Crippen molar-refractivity contribution in [1.82, 2.24) is 5.32 Å². The molecular weight excluding hydrogens is 260 g/mol. The lowest BCUT2D eigenvalue weighted by atomic mass is 9.74. The van der Waals surface area contributed by atoms with Gasteiger partial charge >= 0.3 is 0 Å². The molecule has 0 aliphatic heterocycles. The number of rotatable bonds is 4. The Labute approximate surface area is 128 Å². The Morgan fingerprint density at radius 1 is 1.14 bits per heavy atom. The van der Waals surface area contributed by atoms with E-state index in [1.54, 1.807) is 13.8 Å². The minimum absolute atomic E-state index is 0.0675. The third-order valence-electron chi connectivity index (χ3n) is 4.62. The summed E-state index contributed by atoms with van der Waals surface area (Å²) in [7, 11) is 0. The number of carbonyl (C=O) groups is 1. The molecule has 1 fully saturated rings. The van der Waals surface area contributed by atoms with Crippen LogP contribution in [0, 0.1) is 0 Å². The summed E-state index contributed by atoms with van der Waals surface area (Å²) in [5, 5.41) is 3.10.